The predicted molar refractivity (Wildman–Crippen MR) is 72.9 cm³/mol. The first kappa shape index (κ1) is 36.6. The van der Waals surface area contributed by atoms with Crippen molar-refractivity contribution in [1.29, 1.82) is 0 Å². The van der Waals surface area contributed by atoms with Crippen molar-refractivity contribution in [3.63, 3.8) is 0 Å². The Morgan fingerprint density at radius 1 is 0.447 bits per heavy atom. The first-order valence-electron chi connectivity index (χ1n) is 8.15. The molecule has 0 rings (SSSR count). The normalized spacial score (nSPS) is 16.7. The number of rotatable bonds is 12. The number of hydrogen-bond acceptors (Lipinski definition) is 2. The molecule has 0 atom stereocenters. The van der Waals surface area contributed by atoms with Crippen molar-refractivity contribution in [2.75, 3.05) is 0 Å². The minimum Gasteiger partial charge on any atom is -0.303 e. The van der Waals surface area contributed by atoms with Crippen molar-refractivity contribution in [3.8, 4) is 0 Å². The molecule has 38 heavy (non-hydrogen) atoms. The molecule has 0 aromatic rings. The molecule has 0 saturated heterocycles. The standard InChI is InChI=1S/C12H6F21O4P/c13-3(14,1-2-4(15,16)17)5(18,19)6(20,21)7(22,23)8(24,25)9(26,27)10(28,29)11(30,31)12(32,33)37-38(34,35)36/h1-2H2,(H2,34,35,36). The van der Waals surface area contributed by atoms with Gasteiger partial charge in [0.05, 0.1) is 0 Å². The molecule has 26 heteroatoms. The highest BCUT2D eigenvalue weighted by atomic mass is 31.2. The first-order chi connectivity index (χ1) is 15.9. The molecular formula is C12H6F21O4P. The van der Waals surface area contributed by atoms with E-state index in [9.17, 15) is 96.8 Å². The fourth-order valence-corrected chi connectivity index (χ4v) is 2.47. The van der Waals surface area contributed by atoms with Crippen LogP contribution in [0.25, 0.3) is 0 Å². The Bertz CT molecular complexity index is 902. The summed E-state index contributed by atoms with van der Waals surface area (Å²) in [5, 5.41) is 0. The summed E-state index contributed by atoms with van der Waals surface area (Å²) in [5.74, 6) is -69.2. The molecule has 2 N–H and O–H groups in total. The minimum absolute atomic E-state index is 1.67. The zero-order valence-electron chi connectivity index (χ0n) is 16.5. The van der Waals surface area contributed by atoms with Crippen LogP contribution in [0.1, 0.15) is 12.8 Å². The van der Waals surface area contributed by atoms with Crippen molar-refractivity contribution in [2.45, 2.75) is 72.5 Å². The van der Waals surface area contributed by atoms with Crippen LogP contribution in [0, 0.1) is 0 Å². The molecule has 4 nitrogen and oxygen atoms in total. The molecule has 0 aliphatic rings. The van der Waals surface area contributed by atoms with Crippen molar-refractivity contribution in [2.24, 2.45) is 0 Å². The van der Waals surface area contributed by atoms with Crippen molar-refractivity contribution < 1.29 is 111 Å². The maximum absolute atomic E-state index is 13.5. The van der Waals surface area contributed by atoms with Gasteiger partial charge in [-0.05, 0) is 0 Å². The topological polar surface area (TPSA) is 66.8 Å². The molecule has 0 unspecified atom stereocenters. The number of halogens is 21. The largest absolute Gasteiger partial charge is 0.474 e. The molecule has 0 radical (unpaired) electrons. The highest BCUT2D eigenvalue weighted by Gasteiger charge is 2.96. The number of hydrogen-bond donors (Lipinski definition) is 2. The van der Waals surface area contributed by atoms with Gasteiger partial charge in [0, 0.05) is 12.8 Å². The maximum atomic E-state index is 13.5. The third-order valence-electron chi connectivity index (χ3n) is 4.15. The second-order valence-electron chi connectivity index (χ2n) is 6.94. The minimum atomic E-state index is -9.20. The Kier molecular flexibility index (Phi) is 9.01. The van der Waals surface area contributed by atoms with Crippen molar-refractivity contribution in [3.05, 3.63) is 0 Å². The summed E-state index contributed by atoms with van der Waals surface area (Å²) in [6, 6.07) is 0. The lowest BCUT2D eigenvalue weighted by Gasteiger charge is -2.44. The van der Waals surface area contributed by atoms with Gasteiger partial charge in [-0.25, -0.2) is 9.09 Å². The monoisotopic (exact) mass is 644 g/mol. The van der Waals surface area contributed by atoms with E-state index in [0.717, 1.165) is 0 Å². The van der Waals surface area contributed by atoms with E-state index in [1.165, 1.54) is 0 Å². The van der Waals surface area contributed by atoms with E-state index in [1.54, 1.807) is 4.52 Å². The van der Waals surface area contributed by atoms with Gasteiger partial charge in [0.1, 0.15) is 0 Å². The SMILES string of the molecule is O=P(O)(O)OC(F)(F)C(F)(F)C(F)(F)C(F)(F)C(F)(F)C(F)(F)C(F)(F)C(F)(F)C(F)(F)CCC(F)(F)F. The van der Waals surface area contributed by atoms with Gasteiger partial charge in [-0.2, -0.15) is 92.2 Å². The van der Waals surface area contributed by atoms with Gasteiger partial charge >= 0.3 is 67.5 Å². The van der Waals surface area contributed by atoms with E-state index in [4.69, 9.17) is 9.79 Å². The molecule has 0 aromatic carbocycles. The van der Waals surface area contributed by atoms with Crippen LogP contribution in [-0.2, 0) is 9.09 Å². The van der Waals surface area contributed by atoms with Crippen LogP contribution in [0.2, 0.25) is 0 Å². The molecule has 0 spiro atoms. The average molecular weight is 644 g/mol. The molecule has 0 fully saturated rings. The highest BCUT2D eigenvalue weighted by Crippen LogP contribution is 2.66. The fourth-order valence-electron chi connectivity index (χ4n) is 2.06. The Hall–Kier alpha value is -1.36. The Balaban J connectivity index is 6.91. The molecule has 0 heterocycles. The summed E-state index contributed by atoms with van der Waals surface area (Å²) in [6.45, 7) is 0. The molecule has 0 aromatic heterocycles. The fraction of sp³-hybridized carbons (Fsp3) is 1.00. The third-order valence-corrected chi connectivity index (χ3v) is 4.61. The maximum Gasteiger partial charge on any atom is 0.474 e. The molecule has 0 bridgehead atoms. The summed E-state index contributed by atoms with van der Waals surface area (Å²) in [4.78, 5) is 15.8. The van der Waals surface area contributed by atoms with Crippen LogP contribution in [0.4, 0.5) is 92.2 Å². The lowest BCUT2D eigenvalue weighted by atomic mass is 9.86. The van der Waals surface area contributed by atoms with Crippen LogP contribution in [0.5, 0.6) is 0 Å². The van der Waals surface area contributed by atoms with Gasteiger partial charge in [0.25, 0.3) is 0 Å². The second kappa shape index (κ2) is 9.35. The van der Waals surface area contributed by atoms with Crippen LogP contribution in [0.15, 0.2) is 0 Å². The number of phosphoric ester groups is 1. The predicted octanol–water partition coefficient (Wildman–Crippen LogP) is 7.11. The summed E-state index contributed by atoms with van der Waals surface area (Å²) >= 11 is 0. The summed E-state index contributed by atoms with van der Waals surface area (Å²) < 4.78 is 288. The summed E-state index contributed by atoms with van der Waals surface area (Å²) in [7, 11) is -7.19. The van der Waals surface area contributed by atoms with Crippen LogP contribution in [-0.4, -0.2) is 69.5 Å². The van der Waals surface area contributed by atoms with E-state index in [1.807, 2.05) is 0 Å². The smallest absolute Gasteiger partial charge is 0.303 e. The Labute approximate surface area is 192 Å². The van der Waals surface area contributed by atoms with Gasteiger partial charge in [0.2, 0.25) is 0 Å². The van der Waals surface area contributed by atoms with E-state index in [2.05, 4.69) is 0 Å². The van der Waals surface area contributed by atoms with Crippen LogP contribution >= 0.6 is 7.82 Å². The quantitative estimate of drug-likeness (QED) is 0.176. The summed E-state index contributed by atoms with van der Waals surface area (Å²) in [6.07, 6.45) is -20.6. The molecule has 230 valence electrons. The van der Waals surface area contributed by atoms with E-state index < -0.39 is 80.3 Å². The lowest BCUT2D eigenvalue weighted by Crippen LogP contribution is -2.76. The van der Waals surface area contributed by atoms with Crippen LogP contribution < -0.4 is 0 Å². The Morgan fingerprint density at radius 2 is 0.711 bits per heavy atom. The van der Waals surface area contributed by atoms with Crippen LogP contribution in [0.3, 0.4) is 0 Å². The molecule has 0 aliphatic carbocycles. The molecule has 0 aliphatic heterocycles. The molecule has 0 amide bonds. The summed E-state index contributed by atoms with van der Waals surface area (Å²) in [5.41, 5.74) is 0. The van der Waals surface area contributed by atoms with E-state index >= 15 is 0 Å². The van der Waals surface area contributed by atoms with Gasteiger partial charge in [-0.1, -0.05) is 0 Å². The van der Waals surface area contributed by atoms with Gasteiger partial charge < -0.3 is 9.79 Å². The Morgan fingerprint density at radius 3 is 0.974 bits per heavy atom. The lowest BCUT2D eigenvalue weighted by molar-refractivity contribution is -0.472. The average Bonchev–Trinajstić information content (AvgIpc) is 2.62. The highest BCUT2D eigenvalue weighted by molar-refractivity contribution is 7.46. The number of alkyl halides is 21. The zero-order chi connectivity index (χ0) is 31.6. The first-order valence-corrected chi connectivity index (χ1v) is 9.68. The van der Waals surface area contributed by atoms with Gasteiger partial charge in [-0.3, -0.25) is 0 Å². The van der Waals surface area contributed by atoms with E-state index in [0.29, 0.717) is 0 Å². The van der Waals surface area contributed by atoms with Gasteiger partial charge in [0.15, 0.2) is 0 Å². The zero-order valence-corrected chi connectivity index (χ0v) is 17.4. The van der Waals surface area contributed by atoms with Crippen molar-refractivity contribution >= 4 is 7.82 Å². The molecule has 0 saturated carbocycles. The van der Waals surface area contributed by atoms with Gasteiger partial charge in [-0.15, -0.1) is 0 Å². The van der Waals surface area contributed by atoms with E-state index in [-0.39, 0.29) is 0 Å². The molecular weight excluding hydrogens is 638 g/mol. The second-order valence-corrected chi connectivity index (χ2v) is 8.10. The third kappa shape index (κ3) is 5.60. The van der Waals surface area contributed by atoms with Crippen molar-refractivity contribution in [1.82, 2.24) is 0 Å². The number of phosphoric acid groups is 1.